The molecular weight excluding hydrogens is 342 g/mol. The highest BCUT2D eigenvalue weighted by atomic mass is 16.5. The number of carbonyl (C=O) groups is 1. The van der Waals surface area contributed by atoms with E-state index in [1.807, 2.05) is 31.2 Å². The van der Waals surface area contributed by atoms with Gasteiger partial charge in [0.25, 0.3) is 0 Å². The lowest BCUT2D eigenvalue weighted by atomic mass is 10.0. The fourth-order valence-corrected chi connectivity index (χ4v) is 3.06. The summed E-state index contributed by atoms with van der Waals surface area (Å²) in [6, 6.07) is 11.1. The number of phenolic OH excluding ortho intramolecular Hbond substituents is 1. The van der Waals surface area contributed by atoms with Gasteiger partial charge in [0.2, 0.25) is 0 Å². The van der Waals surface area contributed by atoms with Crippen molar-refractivity contribution < 1.29 is 19.4 Å². The minimum atomic E-state index is -0.237. The van der Waals surface area contributed by atoms with Crippen LogP contribution in [0.1, 0.15) is 27.0 Å². The maximum absolute atomic E-state index is 12.6. The first kappa shape index (κ1) is 19.1. The van der Waals surface area contributed by atoms with Gasteiger partial charge in [-0.15, -0.1) is 0 Å². The Kier molecular flexibility index (Phi) is 6.27. The monoisotopic (exact) mass is 367 g/mol. The van der Waals surface area contributed by atoms with Crippen LogP contribution >= 0.6 is 0 Å². The van der Waals surface area contributed by atoms with Crippen LogP contribution in [0.5, 0.6) is 11.5 Å². The molecule has 0 saturated carbocycles. The third-order valence-electron chi connectivity index (χ3n) is 4.67. The maximum atomic E-state index is 12.6. The lowest BCUT2D eigenvalue weighted by Crippen LogP contribution is -2.35. The predicted molar refractivity (Wildman–Crippen MR) is 105 cm³/mol. The minimum absolute atomic E-state index is 0.0730. The van der Waals surface area contributed by atoms with Gasteiger partial charge in [0.15, 0.2) is 5.78 Å². The average molecular weight is 367 g/mol. The van der Waals surface area contributed by atoms with Crippen molar-refractivity contribution in [3.8, 4) is 11.5 Å². The number of phenols is 1. The van der Waals surface area contributed by atoms with Gasteiger partial charge in [-0.2, -0.15) is 0 Å². The molecule has 1 saturated heterocycles. The molecule has 1 N–H and O–H groups in total. The second-order valence-corrected chi connectivity index (χ2v) is 6.68. The molecule has 0 unspecified atom stereocenters. The number of ketones is 1. The summed E-state index contributed by atoms with van der Waals surface area (Å²) in [6.07, 6.45) is 3.25. The third kappa shape index (κ3) is 4.96. The number of benzene rings is 2. The molecule has 0 bridgehead atoms. The number of morpholine rings is 1. The van der Waals surface area contributed by atoms with Crippen LogP contribution in [0.4, 0.5) is 0 Å². The molecule has 3 rings (SSSR count). The highest BCUT2D eigenvalue weighted by Gasteiger charge is 2.18. The van der Waals surface area contributed by atoms with Crippen molar-refractivity contribution in [1.82, 2.24) is 4.90 Å². The average Bonchev–Trinajstić information content (AvgIpc) is 2.69. The van der Waals surface area contributed by atoms with Crippen LogP contribution in [0.25, 0.3) is 6.08 Å². The van der Waals surface area contributed by atoms with Crippen molar-refractivity contribution >= 4 is 11.9 Å². The zero-order valence-electron chi connectivity index (χ0n) is 15.8. The molecule has 0 radical (unpaired) electrons. The van der Waals surface area contributed by atoms with Gasteiger partial charge < -0.3 is 14.6 Å². The van der Waals surface area contributed by atoms with E-state index in [0.717, 1.165) is 24.2 Å². The highest BCUT2D eigenvalue weighted by molar-refractivity contribution is 6.08. The summed E-state index contributed by atoms with van der Waals surface area (Å²) in [6.45, 7) is 5.73. The SMILES string of the molecule is COc1cc(O)c(C(=O)/C=C/c2ccc(C)cc2)cc1CN1CCOCC1. The first-order valence-corrected chi connectivity index (χ1v) is 9.06. The molecule has 0 spiro atoms. The van der Waals surface area contributed by atoms with Crippen LogP contribution < -0.4 is 4.74 Å². The van der Waals surface area contributed by atoms with Crippen LogP contribution in [0, 0.1) is 6.92 Å². The molecule has 1 aliphatic rings. The molecule has 27 heavy (non-hydrogen) atoms. The van der Waals surface area contributed by atoms with E-state index in [1.54, 1.807) is 19.3 Å². The standard InChI is InChI=1S/C22H25NO4/c1-16-3-5-17(6-4-16)7-8-20(24)19-13-18(22(26-2)14-21(19)25)15-23-9-11-27-12-10-23/h3-8,13-14,25H,9-12,15H2,1-2H3/b8-7+. The molecule has 0 aromatic heterocycles. The molecule has 5 nitrogen and oxygen atoms in total. The highest BCUT2D eigenvalue weighted by Crippen LogP contribution is 2.30. The molecule has 2 aromatic carbocycles. The Morgan fingerprint density at radius 1 is 1.22 bits per heavy atom. The van der Waals surface area contributed by atoms with E-state index in [1.165, 1.54) is 17.7 Å². The van der Waals surface area contributed by atoms with Gasteiger partial charge in [-0.05, 0) is 24.6 Å². The lowest BCUT2D eigenvalue weighted by Gasteiger charge is -2.27. The molecule has 1 aliphatic heterocycles. The van der Waals surface area contributed by atoms with E-state index < -0.39 is 0 Å². The summed E-state index contributed by atoms with van der Waals surface area (Å²) in [5.74, 6) is 0.271. The zero-order chi connectivity index (χ0) is 19.2. The van der Waals surface area contributed by atoms with Crippen LogP contribution in [-0.2, 0) is 11.3 Å². The molecule has 5 heteroatoms. The number of methoxy groups -OCH3 is 1. The van der Waals surface area contributed by atoms with Gasteiger partial charge in [0.05, 0.1) is 25.9 Å². The predicted octanol–water partition coefficient (Wildman–Crippen LogP) is 3.44. The topological polar surface area (TPSA) is 59.0 Å². The fourth-order valence-electron chi connectivity index (χ4n) is 3.06. The largest absolute Gasteiger partial charge is 0.507 e. The maximum Gasteiger partial charge on any atom is 0.189 e. The molecule has 1 heterocycles. The number of nitrogens with zero attached hydrogens (tertiary/aromatic N) is 1. The first-order chi connectivity index (χ1) is 13.1. The van der Waals surface area contributed by atoms with E-state index in [-0.39, 0.29) is 17.1 Å². The summed E-state index contributed by atoms with van der Waals surface area (Å²) < 4.78 is 10.8. The number of carbonyl (C=O) groups excluding carboxylic acids is 1. The molecule has 0 aliphatic carbocycles. The van der Waals surface area contributed by atoms with E-state index in [4.69, 9.17) is 9.47 Å². The molecular formula is C22H25NO4. The van der Waals surface area contributed by atoms with Gasteiger partial charge in [-0.3, -0.25) is 9.69 Å². The Morgan fingerprint density at radius 2 is 1.93 bits per heavy atom. The smallest absolute Gasteiger partial charge is 0.189 e. The molecule has 2 aromatic rings. The molecule has 0 atom stereocenters. The van der Waals surface area contributed by atoms with E-state index in [9.17, 15) is 9.90 Å². The first-order valence-electron chi connectivity index (χ1n) is 9.06. The van der Waals surface area contributed by atoms with Crippen molar-refractivity contribution in [2.24, 2.45) is 0 Å². The zero-order valence-corrected chi connectivity index (χ0v) is 15.8. The second kappa shape index (κ2) is 8.84. The quantitative estimate of drug-likeness (QED) is 0.626. The minimum Gasteiger partial charge on any atom is -0.507 e. The fraction of sp³-hybridized carbons (Fsp3) is 0.318. The summed E-state index contributed by atoms with van der Waals surface area (Å²) >= 11 is 0. The molecule has 142 valence electrons. The van der Waals surface area contributed by atoms with E-state index >= 15 is 0 Å². The lowest BCUT2D eigenvalue weighted by molar-refractivity contribution is 0.0338. The Bertz CT molecular complexity index is 821. The van der Waals surface area contributed by atoms with Crippen molar-refractivity contribution in [3.05, 3.63) is 64.7 Å². The number of aryl methyl sites for hydroxylation is 1. The van der Waals surface area contributed by atoms with E-state index in [0.29, 0.717) is 25.5 Å². The van der Waals surface area contributed by atoms with Crippen LogP contribution in [0.2, 0.25) is 0 Å². The Balaban J connectivity index is 1.81. The van der Waals surface area contributed by atoms with Gasteiger partial charge in [-0.1, -0.05) is 35.9 Å². The number of hydrogen-bond donors (Lipinski definition) is 1. The summed E-state index contributed by atoms with van der Waals surface area (Å²) in [5, 5.41) is 10.3. The van der Waals surface area contributed by atoms with Crippen molar-refractivity contribution in [2.75, 3.05) is 33.4 Å². The normalized spacial score (nSPS) is 15.2. The molecule has 1 fully saturated rings. The Hall–Kier alpha value is -2.63. The van der Waals surface area contributed by atoms with Crippen LogP contribution in [0.15, 0.2) is 42.5 Å². The van der Waals surface area contributed by atoms with Crippen LogP contribution in [0.3, 0.4) is 0 Å². The van der Waals surface area contributed by atoms with Crippen molar-refractivity contribution in [3.63, 3.8) is 0 Å². The number of ether oxygens (including phenoxy) is 2. The van der Waals surface area contributed by atoms with Gasteiger partial charge in [0, 0.05) is 31.3 Å². The van der Waals surface area contributed by atoms with Crippen molar-refractivity contribution in [1.29, 1.82) is 0 Å². The second-order valence-electron chi connectivity index (χ2n) is 6.68. The third-order valence-corrected chi connectivity index (χ3v) is 4.67. The molecule has 0 amide bonds. The Labute approximate surface area is 159 Å². The van der Waals surface area contributed by atoms with Gasteiger partial charge in [-0.25, -0.2) is 0 Å². The van der Waals surface area contributed by atoms with Crippen LogP contribution in [-0.4, -0.2) is 49.2 Å². The Morgan fingerprint density at radius 3 is 2.59 bits per heavy atom. The summed E-state index contributed by atoms with van der Waals surface area (Å²) in [5.41, 5.74) is 3.27. The van der Waals surface area contributed by atoms with E-state index in [2.05, 4.69) is 4.90 Å². The van der Waals surface area contributed by atoms with Gasteiger partial charge >= 0.3 is 0 Å². The number of aromatic hydroxyl groups is 1. The number of allylic oxidation sites excluding steroid dienone is 1. The number of hydrogen-bond acceptors (Lipinski definition) is 5. The van der Waals surface area contributed by atoms with Crippen molar-refractivity contribution in [2.45, 2.75) is 13.5 Å². The summed E-state index contributed by atoms with van der Waals surface area (Å²) in [7, 11) is 1.57. The summed E-state index contributed by atoms with van der Waals surface area (Å²) in [4.78, 5) is 14.9. The number of rotatable bonds is 6. The van der Waals surface area contributed by atoms with Gasteiger partial charge in [0.1, 0.15) is 11.5 Å².